The van der Waals surface area contributed by atoms with E-state index in [4.69, 9.17) is 4.84 Å². The van der Waals surface area contributed by atoms with E-state index in [0.717, 1.165) is 13.0 Å². The monoisotopic (exact) mass is 141 g/mol. The molecule has 0 amide bonds. The van der Waals surface area contributed by atoms with E-state index in [2.05, 4.69) is 6.92 Å². The summed E-state index contributed by atoms with van der Waals surface area (Å²) in [5, 5.41) is 1.92. The Kier molecular flexibility index (Phi) is 1.28. The maximum Gasteiger partial charge on any atom is 0.165 e. The standard InChI is InChI=1S/C7H11NO2/c1-5-4-7-6(9)2-3-8(5)10-7/h5,7H,2-4H2,1H3/t5-,7-/m1/s1. The zero-order valence-corrected chi connectivity index (χ0v) is 6.04. The number of fused-ring (bicyclic) bond motifs is 2. The van der Waals surface area contributed by atoms with Gasteiger partial charge in [0, 0.05) is 25.4 Å². The minimum Gasteiger partial charge on any atom is -0.297 e. The second-order valence-electron chi connectivity index (χ2n) is 3.04. The first-order valence-electron chi connectivity index (χ1n) is 3.73. The van der Waals surface area contributed by atoms with Crippen molar-refractivity contribution >= 4 is 5.78 Å². The first kappa shape index (κ1) is 6.31. The summed E-state index contributed by atoms with van der Waals surface area (Å²) in [7, 11) is 0. The van der Waals surface area contributed by atoms with Gasteiger partial charge in [-0.2, -0.15) is 5.06 Å². The van der Waals surface area contributed by atoms with Gasteiger partial charge in [0.15, 0.2) is 5.78 Å². The lowest BCUT2D eigenvalue weighted by Gasteiger charge is -2.22. The highest BCUT2D eigenvalue weighted by atomic mass is 16.7. The molecule has 3 nitrogen and oxygen atoms in total. The van der Waals surface area contributed by atoms with Gasteiger partial charge in [0.1, 0.15) is 6.10 Å². The normalized spacial score (nSPS) is 46.1. The van der Waals surface area contributed by atoms with E-state index in [1.54, 1.807) is 0 Å². The second kappa shape index (κ2) is 2.04. The lowest BCUT2D eigenvalue weighted by Crippen LogP contribution is -2.34. The van der Waals surface area contributed by atoms with Crippen molar-refractivity contribution < 1.29 is 9.63 Å². The molecule has 0 N–H and O–H groups in total. The minimum absolute atomic E-state index is 0.108. The molecule has 0 aliphatic carbocycles. The Morgan fingerprint density at radius 2 is 2.50 bits per heavy atom. The van der Waals surface area contributed by atoms with Crippen molar-refractivity contribution in [2.24, 2.45) is 0 Å². The number of hydroxylamine groups is 2. The summed E-state index contributed by atoms with van der Waals surface area (Å²) in [5.41, 5.74) is 0. The van der Waals surface area contributed by atoms with Gasteiger partial charge in [0.2, 0.25) is 0 Å². The second-order valence-corrected chi connectivity index (χ2v) is 3.04. The molecular formula is C7H11NO2. The number of hydrogen-bond acceptors (Lipinski definition) is 3. The maximum absolute atomic E-state index is 11.0. The molecule has 0 saturated carbocycles. The van der Waals surface area contributed by atoms with Crippen molar-refractivity contribution in [2.45, 2.75) is 31.9 Å². The Balaban J connectivity index is 2.15. The molecule has 1 unspecified atom stereocenters. The third kappa shape index (κ3) is 0.777. The van der Waals surface area contributed by atoms with Crippen molar-refractivity contribution in [1.29, 1.82) is 0 Å². The Hall–Kier alpha value is -0.410. The zero-order chi connectivity index (χ0) is 7.14. The fourth-order valence-electron chi connectivity index (χ4n) is 1.58. The van der Waals surface area contributed by atoms with Gasteiger partial charge in [0.25, 0.3) is 0 Å². The number of ketones is 1. The van der Waals surface area contributed by atoms with Crippen molar-refractivity contribution in [2.75, 3.05) is 6.54 Å². The van der Waals surface area contributed by atoms with Crippen LogP contribution in [0.2, 0.25) is 0 Å². The molecule has 0 aromatic rings. The lowest BCUT2D eigenvalue weighted by atomic mass is 10.1. The summed E-state index contributed by atoms with van der Waals surface area (Å²) in [4.78, 5) is 16.4. The summed E-state index contributed by atoms with van der Waals surface area (Å²) in [6.45, 7) is 2.88. The van der Waals surface area contributed by atoms with Gasteiger partial charge in [-0.3, -0.25) is 9.63 Å². The molecule has 0 spiro atoms. The van der Waals surface area contributed by atoms with Crippen molar-refractivity contribution in [3.63, 3.8) is 0 Å². The maximum atomic E-state index is 11.0. The van der Waals surface area contributed by atoms with Crippen LogP contribution in [0.25, 0.3) is 0 Å². The highest BCUT2D eigenvalue weighted by Gasteiger charge is 2.38. The Labute approximate surface area is 59.9 Å². The van der Waals surface area contributed by atoms with Crippen LogP contribution in [0.3, 0.4) is 0 Å². The molecule has 2 heterocycles. The molecule has 2 rings (SSSR count). The highest BCUT2D eigenvalue weighted by molar-refractivity contribution is 5.84. The Bertz CT molecular complexity index is 167. The number of carbonyl (C=O) groups excluding carboxylic acids is 1. The molecular weight excluding hydrogens is 130 g/mol. The predicted molar refractivity (Wildman–Crippen MR) is 35.3 cm³/mol. The quantitative estimate of drug-likeness (QED) is 0.487. The summed E-state index contributed by atoms with van der Waals surface area (Å²) in [5.74, 6) is 0.278. The molecule has 0 aromatic heterocycles. The Morgan fingerprint density at radius 1 is 1.70 bits per heavy atom. The molecule has 56 valence electrons. The number of rotatable bonds is 0. The first-order chi connectivity index (χ1) is 4.77. The van der Waals surface area contributed by atoms with Crippen molar-refractivity contribution in [1.82, 2.24) is 5.06 Å². The van der Waals surface area contributed by atoms with Crippen LogP contribution in [0.5, 0.6) is 0 Å². The van der Waals surface area contributed by atoms with Crippen LogP contribution in [0.15, 0.2) is 0 Å². The van der Waals surface area contributed by atoms with Gasteiger partial charge in [0.05, 0.1) is 0 Å². The molecule has 2 fully saturated rings. The van der Waals surface area contributed by atoms with Crippen LogP contribution in [0, 0.1) is 0 Å². The third-order valence-electron chi connectivity index (χ3n) is 2.25. The smallest absolute Gasteiger partial charge is 0.165 e. The largest absolute Gasteiger partial charge is 0.297 e. The molecule has 2 aliphatic heterocycles. The van der Waals surface area contributed by atoms with Gasteiger partial charge in [-0.15, -0.1) is 0 Å². The minimum atomic E-state index is -0.108. The van der Waals surface area contributed by atoms with Crippen LogP contribution < -0.4 is 0 Å². The van der Waals surface area contributed by atoms with Crippen LogP contribution in [-0.2, 0) is 9.63 Å². The Morgan fingerprint density at radius 3 is 3.20 bits per heavy atom. The third-order valence-corrected chi connectivity index (χ3v) is 2.25. The van der Waals surface area contributed by atoms with E-state index in [-0.39, 0.29) is 11.9 Å². The number of nitrogens with zero attached hydrogens (tertiary/aromatic N) is 1. The van der Waals surface area contributed by atoms with Gasteiger partial charge >= 0.3 is 0 Å². The fraction of sp³-hybridized carbons (Fsp3) is 0.857. The van der Waals surface area contributed by atoms with Gasteiger partial charge in [-0.05, 0) is 6.92 Å². The predicted octanol–water partition coefficient (Wildman–Crippen LogP) is 0.354. The molecule has 0 radical (unpaired) electrons. The van der Waals surface area contributed by atoms with E-state index in [1.165, 1.54) is 0 Å². The molecule has 3 atom stereocenters. The summed E-state index contributed by atoms with van der Waals surface area (Å²) >= 11 is 0. The van der Waals surface area contributed by atoms with Gasteiger partial charge < -0.3 is 0 Å². The first-order valence-corrected chi connectivity index (χ1v) is 3.73. The summed E-state index contributed by atoms with van der Waals surface area (Å²) in [6, 6.07) is 0.441. The van der Waals surface area contributed by atoms with Crippen LogP contribution in [0.1, 0.15) is 19.8 Å². The number of hydrogen-bond donors (Lipinski definition) is 0. The molecule has 2 saturated heterocycles. The van der Waals surface area contributed by atoms with E-state index in [1.807, 2.05) is 5.06 Å². The van der Waals surface area contributed by atoms with Crippen LogP contribution >= 0.6 is 0 Å². The molecule has 0 aromatic carbocycles. The molecule has 2 aliphatic rings. The zero-order valence-electron chi connectivity index (χ0n) is 6.04. The van der Waals surface area contributed by atoms with E-state index in [9.17, 15) is 4.79 Å². The number of Topliss-reactive ketones (excluding diaryl/α,β-unsaturated/α-hetero) is 1. The molecule has 10 heavy (non-hydrogen) atoms. The fourth-order valence-corrected chi connectivity index (χ4v) is 1.58. The topological polar surface area (TPSA) is 29.5 Å². The van der Waals surface area contributed by atoms with E-state index in [0.29, 0.717) is 12.5 Å². The summed E-state index contributed by atoms with van der Waals surface area (Å²) < 4.78 is 0. The van der Waals surface area contributed by atoms with Gasteiger partial charge in [-0.25, -0.2) is 0 Å². The van der Waals surface area contributed by atoms with Crippen molar-refractivity contribution in [3.8, 4) is 0 Å². The average molecular weight is 141 g/mol. The van der Waals surface area contributed by atoms with Crippen LogP contribution in [0.4, 0.5) is 0 Å². The lowest BCUT2D eigenvalue weighted by molar-refractivity contribution is -0.187. The summed E-state index contributed by atoms with van der Waals surface area (Å²) in [6.07, 6.45) is 1.46. The van der Waals surface area contributed by atoms with Crippen LogP contribution in [-0.4, -0.2) is 29.5 Å². The van der Waals surface area contributed by atoms with Gasteiger partial charge in [-0.1, -0.05) is 0 Å². The van der Waals surface area contributed by atoms with Crippen molar-refractivity contribution in [3.05, 3.63) is 0 Å². The SMILES string of the molecule is C[C@@H]1C[C@H]2ON1CCC2=O. The van der Waals surface area contributed by atoms with E-state index >= 15 is 0 Å². The highest BCUT2D eigenvalue weighted by Crippen LogP contribution is 2.26. The molecule has 3 heteroatoms. The number of carbonyl (C=O) groups is 1. The van der Waals surface area contributed by atoms with E-state index < -0.39 is 0 Å². The molecule has 2 bridgehead atoms. The average Bonchev–Trinajstić information content (AvgIpc) is 2.21.